The van der Waals surface area contributed by atoms with Gasteiger partial charge in [0.15, 0.2) is 0 Å². The predicted octanol–water partition coefficient (Wildman–Crippen LogP) is 3.27. The third-order valence-electron chi connectivity index (χ3n) is 4.08. The van der Waals surface area contributed by atoms with E-state index in [1.165, 1.54) is 0 Å². The zero-order chi connectivity index (χ0) is 14.0. The van der Waals surface area contributed by atoms with E-state index in [4.69, 9.17) is 5.73 Å². The molecule has 0 saturated heterocycles. The van der Waals surface area contributed by atoms with Crippen molar-refractivity contribution in [1.29, 1.82) is 0 Å². The van der Waals surface area contributed by atoms with Crippen LogP contribution in [0, 0.1) is 11.8 Å². The first-order valence-corrected chi connectivity index (χ1v) is 6.77. The van der Waals surface area contributed by atoms with E-state index in [0.717, 1.165) is 12.1 Å². The van der Waals surface area contributed by atoms with Crippen molar-refractivity contribution in [1.82, 2.24) is 9.78 Å². The molecule has 3 atom stereocenters. The number of hydrogen-bond donors (Lipinski definition) is 1. The van der Waals surface area contributed by atoms with Crippen LogP contribution in [0.2, 0.25) is 0 Å². The minimum atomic E-state index is -4.09. The van der Waals surface area contributed by atoms with E-state index in [1.54, 1.807) is 10.9 Å². The minimum absolute atomic E-state index is 0.109. The van der Waals surface area contributed by atoms with Crippen LogP contribution >= 0.6 is 0 Å². The number of alkyl halides is 3. The Morgan fingerprint density at radius 3 is 2.84 bits per heavy atom. The van der Waals surface area contributed by atoms with Gasteiger partial charge in [-0.3, -0.25) is 4.68 Å². The standard InChI is InChI=1S/C13H20F3N3/c1-2-19-11(6-7-18-19)12(17)9-4-3-5-10(8-9)13(14,15)16/h6-7,9-10,12H,2-5,8,17H2,1H3. The highest BCUT2D eigenvalue weighted by Gasteiger charge is 2.43. The van der Waals surface area contributed by atoms with Crippen molar-refractivity contribution in [3.8, 4) is 0 Å². The molecule has 1 aliphatic rings. The lowest BCUT2D eigenvalue weighted by atomic mass is 9.77. The molecular formula is C13H20F3N3. The molecule has 0 radical (unpaired) electrons. The van der Waals surface area contributed by atoms with Gasteiger partial charge in [-0.15, -0.1) is 0 Å². The van der Waals surface area contributed by atoms with E-state index in [9.17, 15) is 13.2 Å². The Balaban J connectivity index is 2.09. The fraction of sp³-hybridized carbons (Fsp3) is 0.769. The number of nitrogens with two attached hydrogens (primary N) is 1. The zero-order valence-electron chi connectivity index (χ0n) is 11.0. The summed E-state index contributed by atoms with van der Waals surface area (Å²) in [4.78, 5) is 0. The number of nitrogens with zero attached hydrogens (tertiary/aromatic N) is 2. The van der Waals surface area contributed by atoms with Crippen molar-refractivity contribution in [2.75, 3.05) is 0 Å². The van der Waals surface area contributed by atoms with Gasteiger partial charge in [-0.1, -0.05) is 6.42 Å². The smallest absolute Gasteiger partial charge is 0.322 e. The van der Waals surface area contributed by atoms with Crippen LogP contribution < -0.4 is 5.73 Å². The average molecular weight is 275 g/mol. The molecule has 1 aromatic heterocycles. The molecule has 3 unspecified atom stereocenters. The normalized spacial score (nSPS) is 26.4. The van der Waals surface area contributed by atoms with Gasteiger partial charge in [0.25, 0.3) is 0 Å². The molecule has 3 nitrogen and oxygen atoms in total. The topological polar surface area (TPSA) is 43.8 Å². The lowest BCUT2D eigenvalue weighted by molar-refractivity contribution is -0.186. The Morgan fingerprint density at radius 1 is 1.47 bits per heavy atom. The number of aromatic nitrogens is 2. The van der Waals surface area contributed by atoms with Crippen molar-refractivity contribution in [2.24, 2.45) is 17.6 Å². The van der Waals surface area contributed by atoms with Crippen molar-refractivity contribution < 1.29 is 13.2 Å². The summed E-state index contributed by atoms with van der Waals surface area (Å²) >= 11 is 0. The molecule has 1 aliphatic carbocycles. The van der Waals surface area contributed by atoms with Crippen molar-refractivity contribution in [3.63, 3.8) is 0 Å². The second kappa shape index (κ2) is 5.53. The summed E-state index contributed by atoms with van der Waals surface area (Å²) in [5.74, 6) is -1.31. The van der Waals surface area contributed by atoms with E-state index in [0.29, 0.717) is 13.0 Å². The summed E-state index contributed by atoms with van der Waals surface area (Å²) in [5.41, 5.74) is 7.01. The monoisotopic (exact) mass is 275 g/mol. The Bertz CT molecular complexity index is 414. The molecule has 1 aromatic rings. The van der Waals surface area contributed by atoms with Crippen molar-refractivity contribution >= 4 is 0 Å². The van der Waals surface area contributed by atoms with Crippen molar-refractivity contribution in [2.45, 2.75) is 51.4 Å². The molecule has 0 amide bonds. The molecule has 0 aliphatic heterocycles. The summed E-state index contributed by atoms with van der Waals surface area (Å²) in [5, 5.41) is 4.13. The molecule has 6 heteroatoms. The van der Waals surface area contributed by atoms with E-state index in [2.05, 4.69) is 5.10 Å². The van der Waals surface area contributed by atoms with Crippen LogP contribution in [0.1, 0.15) is 44.3 Å². The van der Waals surface area contributed by atoms with Gasteiger partial charge in [0.1, 0.15) is 0 Å². The van der Waals surface area contributed by atoms with Crippen molar-refractivity contribution in [3.05, 3.63) is 18.0 Å². The highest BCUT2D eigenvalue weighted by molar-refractivity contribution is 5.08. The van der Waals surface area contributed by atoms with Crippen LogP contribution in [0.15, 0.2) is 12.3 Å². The molecule has 0 spiro atoms. The van der Waals surface area contributed by atoms with Gasteiger partial charge in [0.05, 0.1) is 11.6 Å². The second-order valence-electron chi connectivity index (χ2n) is 5.26. The molecule has 0 bridgehead atoms. The molecule has 1 fully saturated rings. The predicted molar refractivity (Wildman–Crippen MR) is 66.3 cm³/mol. The Morgan fingerprint density at radius 2 is 2.21 bits per heavy atom. The molecule has 1 heterocycles. The van der Waals surface area contributed by atoms with Crippen LogP contribution in [-0.2, 0) is 6.54 Å². The van der Waals surface area contributed by atoms with Crippen LogP contribution in [0.5, 0.6) is 0 Å². The first-order chi connectivity index (χ1) is 8.93. The maximum Gasteiger partial charge on any atom is 0.391 e. The van der Waals surface area contributed by atoms with Gasteiger partial charge < -0.3 is 5.73 Å². The number of hydrogen-bond acceptors (Lipinski definition) is 2. The molecular weight excluding hydrogens is 255 g/mol. The fourth-order valence-electron chi connectivity index (χ4n) is 2.98. The number of halogens is 3. The van der Waals surface area contributed by atoms with Crippen LogP contribution in [0.4, 0.5) is 13.2 Å². The summed E-state index contributed by atoms with van der Waals surface area (Å²) in [6.45, 7) is 2.63. The summed E-state index contributed by atoms with van der Waals surface area (Å²) in [6.07, 6.45) is -0.698. The van der Waals surface area contributed by atoms with E-state index in [-0.39, 0.29) is 24.8 Å². The van der Waals surface area contributed by atoms with Crippen LogP contribution in [-0.4, -0.2) is 16.0 Å². The number of aryl methyl sites for hydroxylation is 1. The largest absolute Gasteiger partial charge is 0.391 e. The molecule has 2 N–H and O–H groups in total. The highest BCUT2D eigenvalue weighted by Crippen LogP contribution is 2.43. The van der Waals surface area contributed by atoms with E-state index in [1.807, 2.05) is 13.0 Å². The Hall–Kier alpha value is -1.04. The maximum absolute atomic E-state index is 12.8. The average Bonchev–Trinajstić information content (AvgIpc) is 2.85. The zero-order valence-corrected chi connectivity index (χ0v) is 11.0. The van der Waals surface area contributed by atoms with Crippen LogP contribution in [0.3, 0.4) is 0 Å². The van der Waals surface area contributed by atoms with Gasteiger partial charge in [-0.2, -0.15) is 18.3 Å². The van der Waals surface area contributed by atoms with Gasteiger partial charge >= 0.3 is 6.18 Å². The lowest BCUT2D eigenvalue weighted by Crippen LogP contribution is -2.34. The number of rotatable bonds is 3. The quantitative estimate of drug-likeness (QED) is 0.920. The second-order valence-corrected chi connectivity index (χ2v) is 5.26. The molecule has 2 rings (SSSR count). The van der Waals surface area contributed by atoms with E-state index < -0.39 is 12.1 Å². The SMILES string of the molecule is CCn1nccc1C(N)C1CCCC(C(F)(F)F)C1. The summed E-state index contributed by atoms with van der Waals surface area (Å²) in [6, 6.07) is 1.46. The maximum atomic E-state index is 12.8. The molecule has 108 valence electrons. The summed E-state index contributed by atoms with van der Waals surface area (Å²) < 4.78 is 40.2. The first-order valence-electron chi connectivity index (χ1n) is 6.77. The molecule has 1 saturated carbocycles. The Labute approximate surface area is 111 Å². The third kappa shape index (κ3) is 3.11. The first kappa shape index (κ1) is 14.4. The van der Waals surface area contributed by atoms with Gasteiger partial charge in [0, 0.05) is 18.8 Å². The minimum Gasteiger partial charge on any atom is -0.322 e. The van der Waals surface area contributed by atoms with Gasteiger partial charge in [-0.25, -0.2) is 0 Å². The van der Waals surface area contributed by atoms with Gasteiger partial charge in [0.2, 0.25) is 0 Å². The molecule has 19 heavy (non-hydrogen) atoms. The summed E-state index contributed by atoms with van der Waals surface area (Å²) in [7, 11) is 0. The Kier molecular flexibility index (Phi) is 4.18. The third-order valence-corrected chi connectivity index (χ3v) is 4.08. The lowest BCUT2D eigenvalue weighted by Gasteiger charge is -2.33. The van der Waals surface area contributed by atoms with Crippen LogP contribution in [0.25, 0.3) is 0 Å². The van der Waals surface area contributed by atoms with Gasteiger partial charge in [-0.05, 0) is 38.2 Å². The highest BCUT2D eigenvalue weighted by atomic mass is 19.4. The fourth-order valence-corrected chi connectivity index (χ4v) is 2.98. The molecule has 0 aromatic carbocycles. The van der Waals surface area contributed by atoms with E-state index >= 15 is 0 Å².